The maximum atomic E-state index is 4.44. The van der Waals surface area contributed by atoms with Gasteiger partial charge in [0.2, 0.25) is 0 Å². The summed E-state index contributed by atoms with van der Waals surface area (Å²) in [7, 11) is 0. The fraction of sp³-hybridized carbons (Fsp3) is 0.833. The van der Waals surface area contributed by atoms with Crippen LogP contribution in [0.5, 0.6) is 0 Å². The molecule has 0 amide bonds. The van der Waals surface area contributed by atoms with Crippen molar-refractivity contribution in [2.45, 2.75) is 56.9 Å². The summed E-state index contributed by atoms with van der Waals surface area (Å²) >= 11 is 1.84. The Morgan fingerprint density at radius 1 is 1.25 bits per heavy atom. The molecule has 1 N–H and O–H groups in total. The predicted molar refractivity (Wildman–Crippen MR) is 65.7 cm³/mol. The lowest BCUT2D eigenvalue weighted by Crippen LogP contribution is -2.16. The highest BCUT2D eigenvalue weighted by atomic mass is 32.1. The van der Waals surface area contributed by atoms with Crippen LogP contribution in [0.1, 0.15) is 61.5 Å². The van der Waals surface area contributed by atoms with E-state index in [0.717, 1.165) is 6.54 Å². The van der Waals surface area contributed by atoms with Gasteiger partial charge in [0.25, 0.3) is 0 Å². The molecule has 1 saturated heterocycles. The molecular formula is C12H19N3S. The molecule has 0 bridgehead atoms. The molecular weight excluding hydrogens is 218 g/mol. The molecule has 3 nitrogen and oxygen atoms in total. The molecule has 3 rings (SSSR count). The molecule has 2 heterocycles. The Morgan fingerprint density at radius 3 is 2.75 bits per heavy atom. The van der Waals surface area contributed by atoms with E-state index in [0.29, 0.717) is 11.5 Å². The first kappa shape index (κ1) is 10.7. The molecule has 2 aliphatic rings. The summed E-state index contributed by atoms with van der Waals surface area (Å²) in [5.74, 6) is 0. The van der Waals surface area contributed by atoms with Crippen molar-refractivity contribution in [3.63, 3.8) is 0 Å². The van der Waals surface area contributed by atoms with E-state index in [1.807, 2.05) is 11.3 Å². The quantitative estimate of drug-likeness (QED) is 0.859. The Balaban J connectivity index is 1.81. The standard InChI is InChI=1S/C12H19N3S/c1-12(6-2-3-7-12)11-15-14-10(16-11)9-5-4-8-13-9/h9,13H,2-8H2,1H3. The van der Waals surface area contributed by atoms with Gasteiger partial charge in [-0.1, -0.05) is 31.1 Å². The molecule has 4 heteroatoms. The van der Waals surface area contributed by atoms with Gasteiger partial charge in [-0.25, -0.2) is 0 Å². The van der Waals surface area contributed by atoms with Gasteiger partial charge in [-0.2, -0.15) is 0 Å². The van der Waals surface area contributed by atoms with Crippen molar-refractivity contribution in [3.05, 3.63) is 10.0 Å². The summed E-state index contributed by atoms with van der Waals surface area (Å²) in [6.45, 7) is 3.49. The first-order valence-electron chi connectivity index (χ1n) is 6.35. The lowest BCUT2D eigenvalue weighted by molar-refractivity contribution is 0.483. The topological polar surface area (TPSA) is 37.8 Å². The molecule has 2 fully saturated rings. The Hall–Kier alpha value is -0.480. The molecule has 16 heavy (non-hydrogen) atoms. The molecule has 1 aromatic rings. The first-order valence-corrected chi connectivity index (χ1v) is 7.17. The average Bonchev–Trinajstić information content (AvgIpc) is 2.98. The van der Waals surface area contributed by atoms with Gasteiger partial charge in [0.15, 0.2) is 0 Å². The van der Waals surface area contributed by atoms with Gasteiger partial charge >= 0.3 is 0 Å². The van der Waals surface area contributed by atoms with Crippen molar-refractivity contribution >= 4 is 11.3 Å². The van der Waals surface area contributed by atoms with Crippen molar-refractivity contribution in [2.75, 3.05) is 6.54 Å². The van der Waals surface area contributed by atoms with Crippen LogP contribution in [-0.2, 0) is 5.41 Å². The van der Waals surface area contributed by atoms with Crippen LogP contribution in [0.3, 0.4) is 0 Å². The number of nitrogens with one attached hydrogen (secondary N) is 1. The second-order valence-corrected chi connectivity index (χ2v) is 6.37. The van der Waals surface area contributed by atoms with Gasteiger partial charge in [-0.3, -0.25) is 0 Å². The van der Waals surface area contributed by atoms with E-state index in [2.05, 4.69) is 22.4 Å². The molecule has 0 radical (unpaired) electrons. The van der Waals surface area contributed by atoms with Crippen molar-refractivity contribution in [2.24, 2.45) is 0 Å². The van der Waals surface area contributed by atoms with Crippen molar-refractivity contribution in [3.8, 4) is 0 Å². The van der Waals surface area contributed by atoms with Gasteiger partial charge in [-0.05, 0) is 32.2 Å². The zero-order chi connectivity index (χ0) is 11.0. The van der Waals surface area contributed by atoms with E-state index in [9.17, 15) is 0 Å². The summed E-state index contributed by atoms with van der Waals surface area (Å²) in [6.07, 6.45) is 7.79. The van der Waals surface area contributed by atoms with Gasteiger partial charge in [0, 0.05) is 5.41 Å². The lowest BCUT2D eigenvalue weighted by Gasteiger charge is -2.18. The highest BCUT2D eigenvalue weighted by Gasteiger charge is 2.34. The summed E-state index contributed by atoms with van der Waals surface area (Å²) in [5, 5.41) is 14.8. The molecule has 1 unspecified atom stereocenters. The Kier molecular flexibility index (Phi) is 2.72. The van der Waals surface area contributed by atoms with E-state index in [1.54, 1.807) is 0 Å². The number of hydrogen-bond donors (Lipinski definition) is 1. The van der Waals surface area contributed by atoms with Crippen LogP contribution in [0.2, 0.25) is 0 Å². The van der Waals surface area contributed by atoms with E-state index in [1.165, 1.54) is 48.5 Å². The monoisotopic (exact) mass is 237 g/mol. The summed E-state index contributed by atoms with van der Waals surface area (Å²) in [5.41, 5.74) is 0.328. The summed E-state index contributed by atoms with van der Waals surface area (Å²) < 4.78 is 0. The number of nitrogens with zero attached hydrogens (tertiary/aromatic N) is 2. The molecule has 1 aromatic heterocycles. The van der Waals surface area contributed by atoms with Crippen LogP contribution in [0.4, 0.5) is 0 Å². The van der Waals surface area contributed by atoms with Gasteiger partial charge in [0.1, 0.15) is 10.0 Å². The summed E-state index contributed by atoms with van der Waals surface area (Å²) in [6, 6.07) is 0.483. The molecule has 88 valence electrons. The van der Waals surface area contributed by atoms with E-state index in [-0.39, 0.29) is 0 Å². The van der Waals surface area contributed by atoms with Gasteiger partial charge in [0.05, 0.1) is 6.04 Å². The Bertz CT molecular complexity index is 362. The van der Waals surface area contributed by atoms with Crippen LogP contribution < -0.4 is 5.32 Å². The number of rotatable bonds is 2. The second-order valence-electron chi connectivity index (χ2n) is 5.36. The third kappa shape index (κ3) is 1.78. The van der Waals surface area contributed by atoms with E-state index < -0.39 is 0 Å². The maximum absolute atomic E-state index is 4.44. The minimum absolute atomic E-state index is 0.328. The molecule has 1 aliphatic heterocycles. The highest BCUT2D eigenvalue weighted by molar-refractivity contribution is 7.11. The normalized spacial score (nSPS) is 28.7. The Morgan fingerprint density at radius 2 is 2.06 bits per heavy atom. The largest absolute Gasteiger partial charge is 0.308 e. The predicted octanol–water partition coefficient (Wildman–Crippen LogP) is 2.79. The van der Waals surface area contributed by atoms with Gasteiger partial charge < -0.3 is 5.32 Å². The van der Waals surface area contributed by atoms with Crippen molar-refractivity contribution in [1.29, 1.82) is 0 Å². The summed E-state index contributed by atoms with van der Waals surface area (Å²) in [4.78, 5) is 0. The third-order valence-corrected chi connectivity index (χ3v) is 5.37. The van der Waals surface area contributed by atoms with Crippen molar-refractivity contribution < 1.29 is 0 Å². The van der Waals surface area contributed by atoms with Crippen LogP contribution >= 0.6 is 11.3 Å². The average molecular weight is 237 g/mol. The smallest absolute Gasteiger partial charge is 0.134 e. The first-order chi connectivity index (χ1) is 7.78. The van der Waals surface area contributed by atoms with Crippen LogP contribution in [0, 0.1) is 0 Å². The van der Waals surface area contributed by atoms with Crippen LogP contribution in [0.25, 0.3) is 0 Å². The van der Waals surface area contributed by atoms with E-state index >= 15 is 0 Å². The molecule has 1 aliphatic carbocycles. The molecule has 1 saturated carbocycles. The maximum Gasteiger partial charge on any atom is 0.134 e. The molecule has 0 spiro atoms. The zero-order valence-electron chi connectivity index (χ0n) is 9.83. The zero-order valence-corrected chi connectivity index (χ0v) is 10.6. The van der Waals surface area contributed by atoms with Crippen molar-refractivity contribution in [1.82, 2.24) is 15.5 Å². The van der Waals surface area contributed by atoms with E-state index in [4.69, 9.17) is 0 Å². The van der Waals surface area contributed by atoms with Gasteiger partial charge in [-0.15, -0.1) is 10.2 Å². The number of aromatic nitrogens is 2. The third-order valence-electron chi connectivity index (χ3n) is 4.02. The fourth-order valence-corrected chi connectivity index (χ4v) is 4.04. The molecule has 1 atom stereocenters. The highest BCUT2D eigenvalue weighted by Crippen LogP contribution is 2.42. The minimum Gasteiger partial charge on any atom is -0.308 e. The van der Waals surface area contributed by atoms with Crippen LogP contribution in [0.15, 0.2) is 0 Å². The SMILES string of the molecule is CC1(c2nnc(C3CCCN3)s2)CCCC1. The number of hydrogen-bond acceptors (Lipinski definition) is 4. The molecule has 0 aromatic carbocycles. The Labute approximate surface area is 101 Å². The minimum atomic E-state index is 0.328. The second kappa shape index (κ2) is 4.08. The fourth-order valence-electron chi connectivity index (χ4n) is 2.88. The van der Waals surface area contributed by atoms with Crippen LogP contribution in [-0.4, -0.2) is 16.7 Å². The lowest BCUT2D eigenvalue weighted by atomic mass is 9.90.